The number of nitrogens with zero attached hydrogens (tertiary/aromatic N) is 3. The van der Waals surface area contributed by atoms with Crippen molar-refractivity contribution in [3.8, 4) is 11.4 Å². The quantitative estimate of drug-likeness (QED) is 0.520. The van der Waals surface area contributed by atoms with Crippen LogP contribution in [0.3, 0.4) is 0 Å². The molecule has 0 unspecified atom stereocenters. The Hall–Kier alpha value is -2.47. The van der Waals surface area contributed by atoms with E-state index in [4.69, 9.17) is 9.97 Å². The summed E-state index contributed by atoms with van der Waals surface area (Å²) in [6.45, 7) is 0.703. The smallest absolute Gasteiger partial charge is 0.225 e. The molecule has 0 aliphatic heterocycles. The van der Waals surface area contributed by atoms with Gasteiger partial charge in [-0.3, -0.25) is 4.98 Å². The maximum absolute atomic E-state index is 4.73. The van der Waals surface area contributed by atoms with Crippen molar-refractivity contribution in [1.29, 1.82) is 0 Å². The fourth-order valence-electron chi connectivity index (χ4n) is 3.47. The summed E-state index contributed by atoms with van der Waals surface area (Å²) < 4.78 is 1.08. The lowest BCUT2D eigenvalue weighted by Gasteiger charge is -2.23. The van der Waals surface area contributed by atoms with Gasteiger partial charge in [0.05, 0.1) is 11.4 Å². The number of rotatable bonds is 6. The molecule has 1 aliphatic rings. The zero-order chi connectivity index (χ0) is 19.2. The molecule has 0 saturated heterocycles. The molecular weight excluding hydrogens is 414 g/mol. The molecule has 0 spiro atoms. The van der Waals surface area contributed by atoms with Crippen molar-refractivity contribution in [3.63, 3.8) is 0 Å². The van der Waals surface area contributed by atoms with Crippen molar-refractivity contribution < 1.29 is 0 Å². The van der Waals surface area contributed by atoms with Gasteiger partial charge in [-0.25, -0.2) is 4.98 Å². The van der Waals surface area contributed by atoms with Crippen molar-refractivity contribution in [1.82, 2.24) is 15.0 Å². The van der Waals surface area contributed by atoms with E-state index < -0.39 is 0 Å². The highest BCUT2D eigenvalue weighted by Gasteiger charge is 2.15. The van der Waals surface area contributed by atoms with Crippen LogP contribution in [0.2, 0.25) is 0 Å². The molecule has 6 heteroatoms. The largest absolute Gasteiger partial charge is 0.366 e. The summed E-state index contributed by atoms with van der Waals surface area (Å²) in [6, 6.07) is 16.6. The highest BCUT2D eigenvalue weighted by molar-refractivity contribution is 9.10. The van der Waals surface area contributed by atoms with Gasteiger partial charge in [-0.15, -0.1) is 0 Å². The van der Waals surface area contributed by atoms with E-state index in [9.17, 15) is 0 Å². The van der Waals surface area contributed by atoms with Crippen molar-refractivity contribution in [2.24, 2.45) is 0 Å². The molecule has 0 radical (unpaired) electrons. The molecule has 1 saturated carbocycles. The average Bonchev–Trinajstić information content (AvgIpc) is 2.75. The molecule has 1 aromatic carbocycles. The fraction of sp³-hybridized carbons (Fsp3) is 0.318. The second kappa shape index (κ2) is 9.15. The third kappa shape index (κ3) is 5.07. The Morgan fingerprint density at radius 3 is 2.50 bits per heavy atom. The van der Waals surface area contributed by atoms with Gasteiger partial charge in [-0.2, -0.15) is 4.98 Å². The van der Waals surface area contributed by atoms with Gasteiger partial charge < -0.3 is 10.6 Å². The van der Waals surface area contributed by atoms with E-state index in [2.05, 4.69) is 43.7 Å². The molecule has 144 valence electrons. The minimum absolute atomic E-state index is 0.451. The molecule has 1 aliphatic carbocycles. The van der Waals surface area contributed by atoms with Gasteiger partial charge in [0.25, 0.3) is 0 Å². The van der Waals surface area contributed by atoms with E-state index in [0.29, 0.717) is 18.5 Å². The summed E-state index contributed by atoms with van der Waals surface area (Å²) in [4.78, 5) is 13.9. The minimum atomic E-state index is 0.451. The third-order valence-electron chi connectivity index (χ3n) is 4.98. The summed E-state index contributed by atoms with van der Waals surface area (Å²) in [5.74, 6) is 1.48. The first kappa shape index (κ1) is 18.9. The second-order valence-corrected chi connectivity index (χ2v) is 8.05. The zero-order valence-corrected chi connectivity index (χ0v) is 17.3. The summed E-state index contributed by atoms with van der Waals surface area (Å²) in [6.07, 6.45) is 8.02. The molecule has 28 heavy (non-hydrogen) atoms. The molecule has 0 amide bonds. The molecular formula is C22H24BrN5. The average molecular weight is 438 g/mol. The molecule has 0 atom stereocenters. The fourth-order valence-corrected chi connectivity index (χ4v) is 3.74. The Balaban J connectivity index is 1.56. The number of hydrogen-bond donors (Lipinski definition) is 2. The SMILES string of the molecule is Brc1ccc(CNc2cc(-c3ccccn3)nc(NC3CCCCC3)n2)cc1. The summed E-state index contributed by atoms with van der Waals surface area (Å²) in [5, 5.41) is 6.97. The first-order valence-corrected chi connectivity index (χ1v) is 10.6. The highest BCUT2D eigenvalue weighted by atomic mass is 79.9. The van der Waals surface area contributed by atoms with E-state index in [1.165, 1.54) is 37.7 Å². The Bertz CT molecular complexity index is 893. The first-order valence-electron chi connectivity index (χ1n) is 9.81. The lowest BCUT2D eigenvalue weighted by Crippen LogP contribution is -2.23. The van der Waals surface area contributed by atoms with Crippen LogP contribution in [0, 0.1) is 0 Å². The van der Waals surface area contributed by atoms with Crippen molar-refractivity contribution in [2.45, 2.75) is 44.7 Å². The van der Waals surface area contributed by atoms with Gasteiger partial charge in [-0.05, 0) is 42.7 Å². The van der Waals surface area contributed by atoms with Crippen LogP contribution >= 0.6 is 15.9 Å². The molecule has 2 aromatic heterocycles. The van der Waals surface area contributed by atoms with E-state index in [0.717, 1.165) is 21.7 Å². The molecule has 0 bridgehead atoms. The Morgan fingerprint density at radius 2 is 1.75 bits per heavy atom. The van der Waals surface area contributed by atoms with Crippen LogP contribution in [0.5, 0.6) is 0 Å². The van der Waals surface area contributed by atoms with E-state index >= 15 is 0 Å². The van der Waals surface area contributed by atoms with Crippen LogP contribution in [0.15, 0.2) is 59.2 Å². The molecule has 5 nitrogen and oxygen atoms in total. The van der Waals surface area contributed by atoms with Crippen molar-refractivity contribution >= 4 is 27.7 Å². The normalized spacial score (nSPS) is 14.6. The minimum Gasteiger partial charge on any atom is -0.366 e. The van der Waals surface area contributed by atoms with Crippen molar-refractivity contribution in [3.05, 3.63) is 64.8 Å². The summed E-state index contributed by atoms with van der Waals surface area (Å²) in [5.41, 5.74) is 2.87. The van der Waals surface area contributed by atoms with Crippen LogP contribution in [0.1, 0.15) is 37.7 Å². The van der Waals surface area contributed by atoms with Gasteiger partial charge in [0.1, 0.15) is 5.82 Å². The Morgan fingerprint density at radius 1 is 0.929 bits per heavy atom. The number of aromatic nitrogens is 3. The molecule has 2 heterocycles. The van der Waals surface area contributed by atoms with Crippen LogP contribution < -0.4 is 10.6 Å². The number of benzene rings is 1. The molecule has 3 aromatic rings. The molecule has 4 rings (SSSR count). The number of nitrogens with one attached hydrogen (secondary N) is 2. The lowest BCUT2D eigenvalue weighted by atomic mass is 9.96. The molecule has 1 fully saturated rings. The number of halogens is 1. The van der Waals surface area contributed by atoms with Gasteiger partial charge in [-0.1, -0.05) is 53.4 Å². The standard InChI is InChI=1S/C22H24BrN5/c23-17-11-9-16(10-12-17)15-25-21-14-20(19-8-4-5-13-24-19)27-22(28-21)26-18-6-2-1-3-7-18/h4-5,8-14,18H,1-3,6-7,15H2,(H2,25,26,27,28). The van der Waals surface area contributed by atoms with E-state index in [1.807, 2.05) is 36.4 Å². The van der Waals surface area contributed by atoms with Crippen LogP contribution in [-0.2, 0) is 6.54 Å². The monoisotopic (exact) mass is 437 g/mol. The Kier molecular flexibility index (Phi) is 6.17. The second-order valence-electron chi connectivity index (χ2n) is 7.14. The molecule has 2 N–H and O–H groups in total. The topological polar surface area (TPSA) is 62.7 Å². The maximum Gasteiger partial charge on any atom is 0.225 e. The predicted octanol–water partition coefficient (Wildman–Crippen LogP) is 5.66. The van der Waals surface area contributed by atoms with Crippen LogP contribution in [0.4, 0.5) is 11.8 Å². The predicted molar refractivity (Wildman–Crippen MR) is 117 cm³/mol. The van der Waals surface area contributed by atoms with Gasteiger partial charge in [0.15, 0.2) is 0 Å². The van der Waals surface area contributed by atoms with Gasteiger partial charge >= 0.3 is 0 Å². The zero-order valence-electron chi connectivity index (χ0n) is 15.7. The van der Waals surface area contributed by atoms with Crippen molar-refractivity contribution in [2.75, 3.05) is 10.6 Å². The van der Waals surface area contributed by atoms with Crippen LogP contribution in [0.25, 0.3) is 11.4 Å². The van der Waals surface area contributed by atoms with Crippen LogP contribution in [-0.4, -0.2) is 21.0 Å². The van der Waals surface area contributed by atoms with Gasteiger partial charge in [0, 0.05) is 29.3 Å². The summed E-state index contributed by atoms with van der Waals surface area (Å²) in [7, 11) is 0. The maximum atomic E-state index is 4.73. The first-order chi connectivity index (χ1) is 13.8. The number of hydrogen-bond acceptors (Lipinski definition) is 5. The summed E-state index contributed by atoms with van der Waals surface area (Å²) >= 11 is 3.48. The number of anilines is 2. The Labute approximate surface area is 174 Å². The van der Waals surface area contributed by atoms with Gasteiger partial charge in [0.2, 0.25) is 5.95 Å². The lowest BCUT2D eigenvalue weighted by molar-refractivity contribution is 0.461. The number of pyridine rings is 1. The third-order valence-corrected chi connectivity index (χ3v) is 5.51. The van der Waals surface area contributed by atoms with E-state index in [-0.39, 0.29) is 0 Å². The highest BCUT2D eigenvalue weighted by Crippen LogP contribution is 2.24. The van der Waals surface area contributed by atoms with E-state index in [1.54, 1.807) is 6.20 Å².